The lowest BCUT2D eigenvalue weighted by Gasteiger charge is -2.24. The normalized spacial score (nSPS) is 20.5. The van der Waals surface area contributed by atoms with Crippen molar-refractivity contribution in [1.29, 1.82) is 0 Å². The first-order chi connectivity index (χ1) is 14.5. The fraction of sp³-hybridized carbons (Fsp3) is 0.217. The summed E-state index contributed by atoms with van der Waals surface area (Å²) in [4.78, 5) is 27.4. The molecule has 0 unspecified atom stereocenters. The zero-order valence-corrected chi connectivity index (χ0v) is 17.0. The number of nitrogens with one attached hydrogen (secondary N) is 1. The van der Waals surface area contributed by atoms with Crippen LogP contribution in [0.4, 0.5) is 4.79 Å². The van der Waals surface area contributed by atoms with Gasteiger partial charge in [0.25, 0.3) is 5.91 Å². The monoisotopic (exact) mass is 422 g/mol. The molecule has 2 aliphatic heterocycles. The summed E-state index contributed by atoms with van der Waals surface area (Å²) in [7, 11) is 0. The molecule has 5 rings (SSSR count). The van der Waals surface area contributed by atoms with Crippen molar-refractivity contribution in [3.63, 3.8) is 0 Å². The van der Waals surface area contributed by atoms with Crippen LogP contribution in [-0.4, -0.2) is 30.1 Å². The van der Waals surface area contributed by atoms with Crippen LogP contribution >= 0.6 is 11.6 Å². The number of ether oxygens (including phenoxy) is 2. The third-order valence-corrected chi connectivity index (χ3v) is 5.88. The predicted octanol–water partition coefficient (Wildman–Crippen LogP) is 4.23. The van der Waals surface area contributed by atoms with Crippen molar-refractivity contribution in [3.05, 3.63) is 70.7 Å². The van der Waals surface area contributed by atoms with Crippen molar-refractivity contribution in [2.24, 2.45) is 0 Å². The maximum absolute atomic E-state index is 13.4. The largest absolute Gasteiger partial charge is 0.486 e. The van der Waals surface area contributed by atoms with Gasteiger partial charge in [-0.3, -0.25) is 9.69 Å². The number of fused-ring (bicyclic) bond motifs is 2. The quantitative estimate of drug-likeness (QED) is 0.641. The minimum atomic E-state index is -1.16. The molecule has 1 fully saturated rings. The lowest BCUT2D eigenvalue weighted by Crippen LogP contribution is -2.41. The zero-order valence-electron chi connectivity index (χ0n) is 16.3. The summed E-state index contributed by atoms with van der Waals surface area (Å²) in [5, 5.41) is 5.22. The maximum Gasteiger partial charge on any atom is 0.325 e. The second-order valence-electron chi connectivity index (χ2n) is 7.57. The SMILES string of the molecule is C[C@@]1(c2cccc3ccccc23)NC(=O)N(Cc2cc(Cl)c3c(c2)OCCO3)C1=O. The van der Waals surface area contributed by atoms with Gasteiger partial charge >= 0.3 is 6.03 Å². The Labute approximate surface area is 178 Å². The number of carbonyl (C=O) groups excluding carboxylic acids is 2. The second-order valence-corrected chi connectivity index (χ2v) is 7.98. The fourth-order valence-corrected chi connectivity index (χ4v) is 4.41. The molecule has 3 aromatic rings. The van der Waals surface area contributed by atoms with Gasteiger partial charge in [0, 0.05) is 0 Å². The van der Waals surface area contributed by atoms with Crippen LogP contribution in [-0.2, 0) is 16.9 Å². The summed E-state index contributed by atoms with van der Waals surface area (Å²) < 4.78 is 11.1. The number of rotatable bonds is 3. The Balaban J connectivity index is 1.50. The van der Waals surface area contributed by atoms with Crippen LogP contribution in [0.5, 0.6) is 11.5 Å². The van der Waals surface area contributed by atoms with E-state index >= 15 is 0 Å². The van der Waals surface area contributed by atoms with Crippen LogP contribution in [0, 0.1) is 0 Å². The minimum Gasteiger partial charge on any atom is -0.486 e. The molecule has 1 atom stereocenters. The number of halogens is 1. The topological polar surface area (TPSA) is 67.9 Å². The van der Waals surface area contributed by atoms with Gasteiger partial charge in [0.05, 0.1) is 11.6 Å². The molecule has 0 bridgehead atoms. The average molecular weight is 423 g/mol. The third kappa shape index (κ3) is 2.87. The molecular formula is C23H19ClN2O4. The van der Waals surface area contributed by atoms with Crippen molar-refractivity contribution in [2.75, 3.05) is 13.2 Å². The predicted molar refractivity (Wildman–Crippen MR) is 113 cm³/mol. The van der Waals surface area contributed by atoms with Crippen LogP contribution in [0.2, 0.25) is 5.02 Å². The molecule has 7 heteroatoms. The maximum atomic E-state index is 13.4. The number of amides is 3. The Kier molecular flexibility index (Phi) is 4.33. The Morgan fingerprint density at radius 2 is 1.83 bits per heavy atom. The molecule has 3 amide bonds. The highest BCUT2D eigenvalue weighted by Crippen LogP contribution is 2.39. The van der Waals surface area contributed by atoms with Gasteiger partial charge in [0.15, 0.2) is 11.5 Å². The highest BCUT2D eigenvalue weighted by Gasteiger charge is 2.49. The molecule has 30 heavy (non-hydrogen) atoms. The number of imide groups is 1. The highest BCUT2D eigenvalue weighted by molar-refractivity contribution is 6.32. The standard InChI is InChI=1S/C23H19ClN2O4/c1-23(17-8-4-6-15-5-2-3-7-16(15)17)21(27)26(22(28)25-23)13-14-11-18(24)20-19(12-14)29-9-10-30-20/h2-8,11-12H,9-10,13H2,1H3,(H,25,28)/t23-/m0/s1. The third-order valence-electron chi connectivity index (χ3n) is 5.60. The summed E-state index contributed by atoms with van der Waals surface area (Å²) in [6.45, 7) is 2.69. The molecular weight excluding hydrogens is 404 g/mol. The molecule has 152 valence electrons. The van der Waals surface area contributed by atoms with Crippen molar-refractivity contribution in [3.8, 4) is 11.5 Å². The van der Waals surface area contributed by atoms with Crippen LogP contribution < -0.4 is 14.8 Å². The minimum absolute atomic E-state index is 0.0847. The van der Waals surface area contributed by atoms with Gasteiger partial charge in [-0.25, -0.2) is 4.79 Å². The average Bonchev–Trinajstić information content (AvgIpc) is 2.97. The molecule has 0 spiro atoms. The summed E-state index contributed by atoms with van der Waals surface area (Å²) >= 11 is 6.31. The first-order valence-electron chi connectivity index (χ1n) is 9.68. The molecule has 6 nitrogen and oxygen atoms in total. The Morgan fingerprint density at radius 1 is 1.07 bits per heavy atom. The summed E-state index contributed by atoms with van der Waals surface area (Å²) in [6.07, 6.45) is 0. The van der Waals surface area contributed by atoms with Gasteiger partial charge in [-0.1, -0.05) is 54.1 Å². The first kappa shape index (κ1) is 18.8. The number of hydrogen-bond donors (Lipinski definition) is 1. The molecule has 0 saturated carbocycles. The van der Waals surface area contributed by atoms with Crippen molar-refractivity contribution < 1.29 is 19.1 Å². The number of carbonyl (C=O) groups is 2. The highest BCUT2D eigenvalue weighted by atomic mass is 35.5. The van der Waals surface area contributed by atoms with E-state index in [1.807, 2.05) is 42.5 Å². The zero-order chi connectivity index (χ0) is 20.9. The van der Waals surface area contributed by atoms with Gasteiger partial charge < -0.3 is 14.8 Å². The van der Waals surface area contributed by atoms with Gasteiger partial charge in [0.2, 0.25) is 0 Å². The van der Waals surface area contributed by atoms with E-state index in [1.54, 1.807) is 19.1 Å². The molecule has 2 heterocycles. The summed E-state index contributed by atoms with van der Waals surface area (Å²) in [6, 6.07) is 16.6. The van der Waals surface area contributed by atoms with E-state index in [2.05, 4.69) is 5.32 Å². The number of hydrogen-bond acceptors (Lipinski definition) is 4. The number of benzene rings is 3. The molecule has 1 N–H and O–H groups in total. The van der Waals surface area contributed by atoms with E-state index in [0.717, 1.165) is 16.3 Å². The second kappa shape index (κ2) is 6.92. The first-order valence-corrected chi connectivity index (χ1v) is 10.1. The van der Waals surface area contributed by atoms with Crippen LogP contribution in [0.3, 0.4) is 0 Å². The van der Waals surface area contributed by atoms with Crippen molar-refractivity contribution in [2.45, 2.75) is 19.0 Å². The van der Waals surface area contributed by atoms with Gasteiger partial charge in [-0.05, 0) is 41.0 Å². The summed E-state index contributed by atoms with van der Waals surface area (Å²) in [5.41, 5.74) is 0.298. The Morgan fingerprint density at radius 3 is 2.70 bits per heavy atom. The van der Waals surface area contributed by atoms with E-state index in [4.69, 9.17) is 21.1 Å². The van der Waals surface area contributed by atoms with Crippen LogP contribution in [0.15, 0.2) is 54.6 Å². The number of urea groups is 1. The van der Waals surface area contributed by atoms with E-state index in [1.165, 1.54) is 4.90 Å². The van der Waals surface area contributed by atoms with Crippen LogP contribution in [0.25, 0.3) is 10.8 Å². The van der Waals surface area contributed by atoms with E-state index < -0.39 is 11.6 Å². The van der Waals surface area contributed by atoms with E-state index in [9.17, 15) is 9.59 Å². The van der Waals surface area contributed by atoms with Gasteiger partial charge in [-0.15, -0.1) is 0 Å². The van der Waals surface area contributed by atoms with Crippen molar-refractivity contribution >= 4 is 34.3 Å². The Bertz CT molecular complexity index is 1190. The summed E-state index contributed by atoms with van der Waals surface area (Å²) in [5.74, 6) is 0.701. The van der Waals surface area contributed by atoms with E-state index in [0.29, 0.717) is 35.3 Å². The Hall–Kier alpha value is -3.25. The molecule has 1 saturated heterocycles. The fourth-order valence-electron chi connectivity index (χ4n) is 4.12. The molecule has 0 aliphatic carbocycles. The van der Waals surface area contributed by atoms with E-state index in [-0.39, 0.29) is 12.5 Å². The molecule has 3 aromatic carbocycles. The lowest BCUT2D eigenvalue weighted by atomic mass is 9.88. The van der Waals surface area contributed by atoms with Gasteiger partial charge in [-0.2, -0.15) is 0 Å². The number of nitrogens with zero attached hydrogens (tertiary/aromatic N) is 1. The molecule has 0 radical (unpaired) electrons. The van der Waals surface area contributed by atoms with Crippen LogP contribution in [0.1, 0.15) is 18.1 Å². The molecule has 2 aliphatic rings. The smallest absolute Gasteiger partial charge is 0.325 e. The van der Waals surface area contributed by atoms with Gasteiger partial charge in [0.1, 0.15) is 18.8 Å². The van der Waals surface area contributed by atoms with Crippen molar-refractivity contribution in [1.82, 2.24) is 10.2 Å². The molecule has 0 aromatic heterocycles. The lowest BCUT2D eigenvalue weighted by molar-refractivity contribution is -0.131.